The average Bonchev–Trinajstić information content (AvgIpc) is 2.98. The zero-order chi connectivity index (χ0) is 15.1. The van der Waals surface area contributed by atoms with Gasteiger partial charge in [-0.1, -0.05) is 24.0 Å². The summed E-state index contributed by atoms with van der Waals surface area (Å²) in [6.07, 6.45) is 2.24. The predicted molar refractivity (Wildman–Crippen MR) is 79.7 cm³/mol. The molecule has 21 heavy (non-hydrogen) atoms. The van der Waals surface area contributed by atoms with Crippen LogP contribution in [0.25, 0.3) is 0 Å². The molecule has 0 saturated heterocycles. The molecule has 2 N–H and O–H groups in total. The maximum atomic E-state index is 12.3. The van der Waals surface area contributed by atoms with E-state index in [0.29, 0.717) is 17.5 Å². The van der Waals surface area contributed by atoms with Crippen molar-refractivity contribution in [1.82, 2.24) is 5.32 Å². The topological polar surface area (TPSA) is 62.5 Å². The highest BCUT2D eigenvalue weighted by atomic mass is 16.3. The molecule has 0 aliphatic carbocycles. The van der Waals surface area contributed by atoms with Gasteiger partial charge in [-0.05, 0) is 31.2 Å². The summed E-state index contributed by atoms with van der Waals surface area (Å²) < 4.78 is 5.27. The summed E-state index contributed by atoms with van der Waals surface area (Å²) in [6, 6.07) is 10.7. The Kier molecular flexibility index (Phi) is 5.19. The first kappa shape index (κ1) is 14.9. The van der Waals surface area contributed by atoms with Gasteiger partial charge in [-0.25, -0.2) is 0 Å². The zero-order valence-corrected chi connectivity index (χ0v) is 11.8. The minimum Gasteiger partial charge on any atom is -0.469 e. The van der Waals surface area contributed by atoms with Gasteiger partial charge in [0.15, 0.2) is 0 Å². The summed E-state index contributed by atoms with van der Waals surface area (Å²) in [5, 5.41) is 11.7. The van der Waals surface area contributed by atoms with E-state index >= 15 is 0 Å². The summed E-state index contributed by atoms with van der Waals surface area (Å²) in [7, 11) is 0. The lowest BCUT2D eigenvalue weighted by Crippen LogP contribution is -2.34. The Morgan fingerprint density at radius 3 is 2.86 bits per heavy atom. The third-order valence-electron chi connectivity index (χ3n) is 2.94. The second-order valence-electron chi connectivity index (χ2n) is 4.66. The highest BCUT2D eigenvalue weighted by Crippen LogP contribution is 2.09. The van der Waals surface area contributed by atoms with Gasteiger partial charge in [-0.3, -0.25) is 4.79 Å². The summed E-state index contributed by atoms with van der Waals surface area (Å²) in [4.78, 5) is 12.3. The largest absolute Gasteiger partial charge is 0.469 e. The molecule has 0 radical (unpaired) electrons. The fourth-order valence-corrected chi connectivity index (χ4v) is 2.01. The van der Waals surface area contributed by atoms with Crippen LogP contribution in [0.15, 0.2) is 47.1 Å². The molecule has 1 aromatic heterocycles. The SMILES string of the molecule is CC(Cc1ccco1)NC(=O)c1ccccc1C#CCO. The Hall–Kier alpha value is -2.51. The quantitative estimate of drug-likeness (QED) is 0.843. The first-order valence-electron chi connectivity index (χ1n) is 6.72. The third kappa shape index (κ3) is 4.23. The number of aliphatic hydroxyl groups is 1. The fourth-order valence-electron chi connectivity index (χ4n) is 2.01. The lowest BCUT2D eigenvalue weighted by atomic mass is 10.1. The summed E-state index contributed by atoms with van der Waals surface area (Å²) in [6.45, 7) is 1.69. The standard InChI is InChI=1S/C17H17NO3/c1-13(12-15-8-5-11-21-15)18-17(20)16-9-3-2-6-14(16)7-4-10-19/h2-3,5-6,8-9,11,13,19H,10,12H2,1H3,(H,18,20). The molecule has 4 nitrogen and oxygen atoms in total. The normalized spacial score (nSPS) is 11.3. The van der Waals surface area contributed by atoms with Crippen molar-refractivity contribution in [1.29, 1.82) is 0 Å². The number of benzene rings is 1. The number of carbonyl (C=O) groups is 1. The van der Waals surface area contributed by atoms with Crippen LogP contribution in [0.3, 0.4) is 0 Å². The molecule has 1 unspecified atom stereocenters. The Morgan fingerprint density at radius 2 is 2.14 bits per heavy atom. The molecule has 108 valence electrons. The highest BCUT2D eigenvalue weighted by molar-refractivity contribution is 5.96. The van der Waals surface area contributed by atoms with E-state index < -0.39 is 0 Å². The molecule has 0 fully saturated rings. The Morgan fingerprint density at radius 1 is 1.33 bits per heavy atom. The molecule has 1 atom stereocenters. The van der Waals surface area contributed by atoms with Crippen molar-refractivity contribution in [2.45, 2.75) is 19.4 Å². The van der Waals surface area contributed by atoms with Crippen molar-refractivity contribution in [3.05, 3.63) is 59.5 Å². The average molecular weight is 283 g/mol. The molecule has 0 spiro atoms. The monoisotopic (exact) mass is 283 g/mol. The van der Waals surface area contributed by atoms with E-state index in [9.17, 15) is 4.79 Å². The molecular weight excluding hydrogens is 266 g/mol. The van der Waals surface area contributed by atoms with Crippen LogP contribution in [0.4, 0.5) is 0 Å². The highest BCUT2D eigenvalue weighted by Gasteiger charge is 2.13. The molecule has 1 aromatic carbocycles. The maximum absolute atomic E-state index is 12.3. The van der Waals surface area contributed by atoms with Crippen molar-refractivity contribution in [3.8, 4) is 11.8 Å². The second-order valence-corrected chi connectivity index (χ2v) is 4.66. The van der Waals surface area contributed by atoms with Crippen LogP contribution in [0.5, 0.6) is 0 Å². The molecule has 2 aromatic rings. The van der Waals surface area contributed by atoms with Gasteiger partial charge in [-0.15, -0.1) is 0 Å². The van der Waals surface area contributed by atoms with Crippen LogP contribution in [0.2, 0.25) is 0 Å². The zero-order valence-electron chi connectivity index (χ0n) is 11.8. The van der Waals surface area contributed by atoms with Crippen LogP contribution in [-0.4, -0.2) is 23.7 Å². The van der Waals surface area contributed by atoms with E-state index in [2.05, 4.69) is 17.2 Å². The minimum atomic E-state index is -0.231. The van der Waals surface area contributed by atoms with Crippen LogP contribution in [0.1, 0.15) is 28.6 Å². The number of furan rings is 1. The Bertz CT molecular complexity index is 650. The van der Waals surface area contributed by atoms with Gasteiger partial charge < -0.3 is 14.8 Å². The van der Waals surface area contributed by atoms with E-state index in [1.165, 1.54) is 0 Å². The smallest absolute Gasteiger partial charge is 0.252 e. The number of hydrogen-bond acceptors (Lipinski definition) is 3. The Labute approximate surface area is 123 Å². The number of rotatable bonds is 4. The molecule has 0 aliphatic rings. The number of carbonyl (C=O) groups excluding carboxylic acids is 1. The first-order chi connectivity index (χ1) is 10.2. The molecule has 1 heterocycles. The molecule has 2 rings (SSSR count). The number of amides is 1. The van der Waals surface area contributed by atoms with Crippen molar-refractivity contribution in [3.63, 3.8) is 0 Å². The van der Waals surface area contributed by atoms with Gasteiger partial charge in [0, 0.05) is 18.0 Å². The predicted octanol–water partition coefficient (Wildman–Crippen LogP) is 1.98. The van der Waals surface area contributed by atoms with Gasteiger partial charge in [0.2, 0.25) is 0 Å². The first-order valence-corrected chi connectivity index (χ1v) is 6.72. The van der Waals surface area contributed by atoms with Crippen LogP contribution < -0.4 is 5.32 Å². The number of aliphatic hydroxyl groups excluding tert-OH is 1. The minimum absolute atomic E-state index is 0.0532. The van der Waals surface area contributed by atoms with Crippen molar-refractivity contribution < 1.29 is 14.3 Å². The summed E-state index contributed by atoms with van der Waals surface area (Å²) in [5.74, 6) is 5.99. The molecule has 0 bridgehead atoms. The maximum Gasteiger partial charge on any atom is 0.252 e. The molecular formula is C17H17NO3. The molecule has 0 saturated carbocycles. The van der Waals surface area contributed by atoms with Crippen molar-refractivity contribution >= 4 is 5.91 Å². The second kappa shape index (κ2) is 7.32. The van der Waals surface area contributed by atoms with E-state index in [1.807, 2.05) is 25.1 Å². The van der Waals surface area contributed by atoms with Crippen molar-refractivity contribution in [2.24, 2.45) is 0 Å². The summed E-state index contributed by atoms with van der Waals surface area (Å²) in [5.41, 5.74) is 1.11. The molecule has 0 aliphatic heterocycles. The van der Waals surface area contributed by atoms with Gasteiger partial charge >= 0.3 is 0 Å². The fraction of sp³-hybridized carbons (Fsp3) is 0.235. The van der Waals surface area contributed by atoms with Gasteiger partial charge in [0.1, 0.15) is 12.4 Å². The number of hydrogen-bond donors (Lipinski definition) is 2. The van der Waals surface area contributed by atoms with E-state index in [4.69, 9.17) is 9.52 Å². The van der Waals surface area contributed by atoms with Crippen molar-refractivity contribution in [2.75, 3.05) is 6.61 Å². The molecule has 1 amide bonds. The summed E-state index contributed by atoms with van der Waals surface area (Å²) >= 11 is 0. The van der Waals surface area contributed by atoms with Gasteiger partial charge in [0.25, 0.3) is 5.91 Å². The van der Waals surface area contributed by atoms with Gasteiger partial charge in [0.05, 0.1) is 11.8 Å². The molecule has 4 heteroatoms. The van der Waals surface area contributed by atoms with Crippen LogP contribution >= 0.6 is 0 Å². The number of nitrogens with one attached hydrogen (secondary N) is 1. The van der Waals surface area contributed by atoms with Crippen LogP contribution in [0, 0.1) is 11.8 Å². The van der Waals surface area contributed by atoms with E-state index in [1.54, 1.807) is 24.5 Å². The third-order valence-corrected chi connectivity index (χ3v) is 2.94. The van der Waals surface area contributed by atoms with Gasteiger partial charge in [-0.2, -0.15) is 0 Å². The Balaban J connectivity index is 2.06. The van der Waals surface area contributed by atoms with E-state index in [-0.39, 0.29) is 18.6 Å². The van der Waals surface area contributed by atoms with E-state index in [0.717, 1.165) is 5.76 Å². The van der Waals surface area contributed by atoms with Crippen LogP contribution in [-0.2, 0) is 6.42 Å². The lowest BCUT2D eigenvalue weighted by molar-refractivity contribution is 0.0939. The lowest BCUT2D eigenvalue weighted by Gasteiger charge is -2.13.